The van der Waals surface area contributed by atoms with E-state index in [4.69, 9.17) is 14.7 Å². The Kier molecular flexibility index (Phi) is 3.30. The standard InChI is InChI=1S/C14H16N2O4S/c1-14(2)19-12-8-16(9-13(12)20-14)21(17,18)11-5-3-10(7-15)4-6-11/h3-6,12-13H,8-9H2,1-2H3/t12-,13+. The molecule has 3 rings (SSSR count). The quantitative estimate of drug-likeness (QED) is 0.817. The molecule has 2 heterocycles. The van der Waals surface area contributed by atoms with Gasteiger partial charge >= 0.3 is 0 Å². The molecule has 21 heavy (non-hydrogen) atoms. The first-order chi connectivity index (χ1) is 9.82. The van der Waals surface area contributed by atoms with Crippen LogP contribution in [-0.4, -0.2) is 43.8 Å². The molecule has 2 aliphatic heterocycles. The van der Waals surface area contributed by atoms with Crippen LogP contribution in [0.2, 0.25) is 0 Å². The fraction of sp³-hybridized carbons (Fsp3) is 0.500. The molecule has 2 fully saturated rings. The molecule has 0 aromatic heterocycles. The van der Waals surface area contributed by atoms with E-state index in [1.165, 1.54) is 28.6 Å². The summed E-state index contributed by atoms with van der Waals surface area (Å²) in [6, 6.07) is 7.87. The van der Waals surface area contributed by atoms with Crippen molar-refractivity contribution in [2.45, 2.75) is 36.7 Å². The summed E-state index contributed by atoms with van der Waals surface area (Å²) in [5.74, 6) is -0.653. The molecule has 2 saturated heterocycles. The van der Waals surface area contributed by atoms with E-state index in [-0.39, 0.29) is 30.2 Å². The van der Waals surface area contributed by atoms with Crippen molar-refractivity contribution in [2.75, 3.05) is 13.1 Å². The van der Waals surface area contributed by atoms with E-state index in [0.717, 1.165) is 0 Å². The molecule has 0 amide bonds. The molecule has 0 saturated carbocycles. The number of sulfonamides is 1. The topological polar surface area (TPSA) is 79.6 Å². The van der Waals surface area contributed by atoms with E-state index in [0.29, 0.717) is 5.56 Å². The molecule has 0 aliphatic carbocycles. The van der Waals surface area contributed by atoms with Crippen molar-refractivity contribution in [1.29, 1.82) is 5.26 Å². The summed E-state index contributed by atoms with van der Waals surface area (Å²) in [6.07, 6.45) is -0.457. The predicted octanol–water partition coefficient (Wildman–Crippen LogP) is 1.08. The Balaban J connectivity index is 1.80. The maximum atomic E-state index is 12.6. The Bertz CT molecular complexity index is 675. The SMILES string of the molecule is CC1(C)O[C@H]2CN(S(=O)(=O)c3ccc(C#N)cc3)C[C@H]2O1. The van der Waals surface area contributed by atoms with Crippen LogP contribution in [0, 0.1) is 11.3 Å². The van der Waals surface area contributed by atoms with E-state index in [2.05, 4.69) is 0 Å². The second kappa shape index (κ2) is 4.78. The summed E-state index contributed by atoms with van der Waals surface area (Å²) in [5, 5.41) is 8.76. The van der Waals surface area contributed by atoms with Crippen molar-refractivity contribution in [3.8, 4) is 6.07 Å². The molecule has 112 valence electrons. The molecule has 0 N–H and O–H groups in total. The van der Waals surface area contributed by atoms with Crippen molar-refractivity contribution in [3.05, 3.63) is 29.8 Å². The number of benzene rings is 1. The summed E-state index contributed by atoms with van der Waals surface area (Å²) >= 11 is 0. The number of rotatable bonds is 2. The summed E-state index contributed by atoms with van der Waals surface area (Å²) in [5.41, 5.74) is 0.431. The molecule has 2 aliphatic rings. The number of fused-ring (bicyclic) bond motifs is 1. The lowest BCUT2D eigenvalue weighted by atomic mass is 10.2. The highest BCUT2D eigenvalue weighted by Crippen LogP contribution is 2.35. The molecule has 2 atom stereocenters. The van der Waals surface area contributed by atoms with Crippen LogP contribution < -0.4 is 0 Å². The first-order valence-corrected chi connectivity index (χ1v) is 8.12. The highest BCUT2D eigenvalue weighted by Gasteiger charge is 2.49. The normalized spacial score (nSPS) is 28.2. The third-order valence-electron chi connectivity index (χ3n) is 3.67. The number of nitrogens with zero attached hydrogens (tertiary/aromatic N) is 2. The van der Waals surface area contributed by atoms with Crippen LogP contribution in [0.4, 0.5) is 0 Å². The van der Waals surface area contributed by atoms with Gasteiger partial charge in [-0.3, -0.25) is 0 Å². The molecular formula is C14H16N2O4S. The van der Waals surface area contributed by atoms with E-state index in [9.17, 15) is 8.42 Å². The molecule has 0 bridgehead atoms. The van der Waals surface area contributed by atoms with Gasteiger partial charge in [-0.2, -0.15) is 9.57 Å². The van der Waals surface area contributed by atoms with Gasteiger partial charge in [0.2, 0.25) is 10.0 Å². The molecule has 1 aromatic rings. The van der Waals surface area contributed by atoms with Gasteiger partial charge in [-0.15, -0.1) is 0 Å². The van der Waals surface area contributed by atoms with Gasteiger partial charge in [-0.1, -0.05) is 0 Å². The van der Waals surface area contributed by atoms with Crippen LogP contribution in [0.5, 0.6) is 0 Å². The fourth-order valence-electron chi connectivity index (χ4n) is 2.74. The zero-order chi connectivity index (χ0) is 15.3. The molecular weight excluding hydrogens is 292 g/mol. The van der Waals surface area contributed by atoms with Crippen LogP contribution in [-0.2, 0) is 19.5 Å². The Morgan fingerprint density at radius 1 is 1.19 bits per heavy atom. The Hall–Kier alpha value is -1.46. The minimum atomic E-state index is -3.58. The van der Waals surface area contributed by atoms with Gasteiger partial charge < -0.3 is 9.47 Å². The lowest BCUT2D eigenvalue weighted by Gasteiger charge is -2.22. The highest BCUT2D eigenvalue weighted by molar-refractivity contribution is 7.89. The van der Waals surface area contributed by atoms with Gasteiger partial charge in [-0.25, -0.2) is 8.42 Å². The van der Waals surface area contributed by atoms with E-state index in [1.807, 2.05) is 19.9 Å². The Morgan fingerprint density at radius 3 is 2.19 bits per heavy atom. The average Bonchev–Trinajstić information content (AvgIpc) is 2.92. The van der Waals surface area contributed by atoms with Crippen LogP contribution in [0.3, 0.4) is 0 Å². The summed E-state index contributed by atoms with van der Waals surface area (Å²) in [4.78, 5) is 0.181. The van der Waals surface area contributed by atoms with Crippen molar-refractivity contribution in [3.63, 3.8) is 0 Å². The van der Waals surface area contributed by atoms with Crippen LogP contribution >= 0.6 is 0 Å². The van der Waals surface area contributed by atoms with Crippen molar-refractivity contribution in [1.82, 2.24) is 4.31 Å². The smallest absolute Gasteiger partial charge is 0.243 e. The van der Waals surface area contributed by atoms with Gasteiger partial charge in [0.25, 0.3) is 0 Å². The van der Waals surface area contributed by atoms with E-state index in [1.54, 1.807) is 0 Å². The highest BCUT2D eigenvalue weighted by atomic mass is 32.2. The van der Waals surface area contributed by atoms with E-state index < -0.39 is 15.8 Å². The van der Waals surface area contributed by atoms with Crippen LogP contribution in [0.25, 0.3) is 0 Å². The van der Waals surface area contributed by atoms with Gasteiger partial charge in [0.05, 0.1) is 16.5 Å². The maximum Gasteiger partial charge on any atom is 0.243 e. The molecule has 0 unspecified atom stereocenters. The van der Waals surface area contributed by atoms with Gasteiger partial charge in [0.1, 0.15) is 12.2 Å². The third kappa shape index (κ3) is 2.56. The first kappa shape index (κ1) is 14.5. The lowest BCUT2D eigenvalue weighted by molar-refractivity contribution is -0.152. The van der Waals surface area contributed by atoms with Gasteiger partial charge in [-0.05, 0) is 38.1 Å². The van der Waals surface area contributed by atoms with Gasteiger partial charge in [0.15, 0.2) is 5.79 Å². The van der Waals surface area contributed by atoms with E-state index >= 15 is 0 Å². The summed E-state index contributed by atoms with van der Waals surface area (Å²) in [6.45, 7) is 4.22. The summed E-state index contributed by atoms with van der Waals surface area (Å²) in [7, 11) is -3.58. The van der Waals surface area contributed by atoms with Gasteiger partial charge in [0, 0.05) is 13.1 Å². The second-order valence-electron chi connectivity index (χ2n) is 5.67. The molecule has 1 aromatic carbocycles. The van der Waals surface area contributed by atoms with Crippen molar-refractivity contribution in [2.24, 2.45) is 0 Å². The fourth-order valence-corrected chi connectivity index (χ4v) is 4.21. The zero-order valence-electron chi connectivity index (χ0n) is 11.8. The minimum Gasteiger partial charge on any atom is -0.343 e. The third-order valence-corrected chi connectivity index (χ3v) is 5.52. The summed E-state index contributed by atoms with van der Waals surface area (Å²) < 4.78 is 37.9. The molecule has 7 heteroatoms. The largest absolute Gasteiger partial charge is 0.343 e. The monoisotopic (exact) mass is 308 g/mol. The maximum absolute atomic E-state index is 12.6. The predicted molar refractivity (Wildman–Crippen MR) is 73.7 cm³/mol. The lowest BCUT2D eigenvalue weighted by Crippen LogP contribution is -2.34. The van der Waals surface area contributed by atoms with Crippen LogP contribution in [0.15, 0.2) is 29.2 Å². The minimum absolute atomic E-state index is 0.181. The molecule has 6 nitrogen and oxygen atoms in total. The first-order valence-electron chi connectivity index (χ1n) is 6.68. The Labute approximate surface area is 123 Å². The number of ether oxygens (including phenoxy) is 2. The number of hydrogen-bond acceptors (Lipinski definition) is 5. The van der Waals surface area contributed by atoms with Crippen molar-refractivity contribution < 1.29 is 17.9 Å². The number of hydrogen-bond donors (Lipinski definition) is 0. The molecule has 0 spiro atoms. The molecule has 0 radical (unpaired) electrons. The average molecular weight is 308 g/mol. The second-order valence-corrected chi connectivity index (χ2v) is 7.61. The zero-order valence-corrected chi connectivity index (χ0v) is 12.6. The van der Waals surface area contributed by atoms with Crippen molar-refractivity contribution >= 4 is 10.0 Å². The Morgan fingerprint density at radius 2 is 1.71 bits per heavy atom. The van der Waals surface area contributed by atoms with Crippen LogP contribution in [0.1, 0.15) is 19.4 Å². The number of nitriles is 1.